The van der Waals surface area contributed by atoms with Crippen molar-refractivity contribution in [1.82, 2.24) is 4.98 Å². The van der Waals surface area contributed by atoms with E-state index in [1.54, 1.807) is 0 Å². The third kappa shape index (κ3) is 2.28. The van der Waals surface area contributed by atoms with Gasteiger partial charge in [-0.15, -0.1) is 0 Å². The maximum Gasteiger partial charge on any atom is 0.150 e. The lowest BCUT2D eigenvalue weighted by molar-refractivity contribution is 0.152. The lowest BCUT2D eigenvalue weighted by atomic mass is 10.3. The van der Waals surface area contributed by atoms with E-state index in [0.29, 0.717) is 25.4 Å². The van der Waals surface area contributed by atoms with Crippen molar-refractivity contribution in [2.75, 3.05) is 31.2 Å². The molecule has 0 amide bonds. The molecule has 0 unspecified atom stereocenters. The Bertz CT molecular complexity index is 408. The first-order valence-corrected chi connectivity index (χ1v) is 5.19. The smallest absolute Gasteiger partial charge is 0.150 e. The van der Waals surface area contributed by atoms with Crippen molar-refractivity contribution in [1.29, 1.82) is 5.26 Å². The minimum absolute atomic E-state index is 0.104. The van der Waals surface area contributed by atoms with Gasteiger partial charge in [0.15, 0.2) is 5.82 Å². The van der Waals surface area contributed by atoms with Gasteiger partial charge in [0.25, 0.3) is 0 Å². The Morgan fingerprint density at radius 2 is 2.31 bits per heavy atom. The predicted molar refractivity (Wildman–Crippen MR) is 56.6 cm³/mol. The van der Waals surface area contributed by atoms with Crippen molar-refractivity contribution in [2.24, 2.45) is 0 Å². The highest BCUT2D eigenvalue weighted by atomic mass is 19.1. The van der Waals surface area contributed by atoms with Crippen molar-refractivity contribution in [3.05, 3.63) is 23.8 Å². The van der Waals surface area contributed by atoms with Gasteiger partial charge in [0.05, 0.1) is 18.5 Å². The maximum atomic E-state index is 13.7. The summed E-state index contributed by atoms with van der Waals surface area (Å²) in [6.45, 7) is 2.72. The zero-order valence-corrected chi connectivity index (χ0v) is 8.82. The summed E-state index contributed by atoms with van der Waals surface area (Å²) in [7, 11) is 0. The van der Waals surface area contributed by atoms with Gasteiger partial charge in [-0.25, -0.2) is 9.37 Å². The molecule has 1 aromatic heterocycles. The Morgan fingerprint density at radius 3 is 3.06 bits per heavy atom. The molecule has 2 heterocycles. The molecular formula is C11H12FN3O. The first kappa shape index (κ1) is 10.8. The molecule has 0 aliphatic carbocycles. The summed E-state index contributed by atoms with van der Waals surface area (Å²) in [6.07, 6.45) is 2.29. The molecule has 0 spiro atoms. The molecule has 16 heavy (non-hydrogen) atoms. The van der Waals surface area contributed by atoms with Crippen LogP contribution < -0.4 is 4.90 Å². The van der Waals surface area contributed by atoms with Crippen LogP contribution in [0.4, 0.5) is 10.1 Å². The van der Waals surface area contributed by atoms with Gasteiger partial charge in [-0.1, -0.05) is 0 Å². The maximum absolute atomic E-state index is 13.7. The van der Waals surface area contributed by atoms with E-state index in [4.69, 9.17) is 10.00 Å². The Hall–Kier alpha value is -1.67. The van der Waals surface area contributed by atoms with Crippen LogP contribution in [0.1, 0.15) is 12.1 Å². The van der Waals surface area contributed by atoms with Crippen LogP contribution in [0.2, 0.25) is 0 Å². The van der Waals surface area contributed by atoms with Gasteiger partial charge in [0.2, 0.25) is 0 Å². The zero-order chi connectivity index (χ0) is 11.4. The van der Waals surface area contributed by atoms with Crippen LogP contribution in [0.5, 0.6) is 0 Å². The topological polar surface area (TPSA) is 49.2 Å². The average molecular weight is 221 g/mol. The van der Waals surface area contributed by atoms with Crippen LogP contribution in [0.25, 0.3) is 0 Å². The number of pyridine rings is 1. The van der Waals surface area contributed by atoms with E-state index in [9.17, 15) is 4.39 Å². The summed E-state index contributed by atoms with van der Waals surface area (Å²) < 4.78 is 19.0. The molecule has 0 bridgehead atoms. The minimum atomic E-state index is -0.395. The van der Waals surface area contributed by atoms with Gasteiger partial charge in [-0.05, 0) is 6.42 Å². The highest BCUT2D eigenvalue weighted by Crippen LogP contribution is 2.19. The van der Waals surface area contributed by atoms with E-state index in [0.717, 1.165) is 13.0 Å². The summed E-state index contributed by atoms with van der Waals surface area (Å²) in [6, 6.07) is 2.98. The SMILES string of the molecule is N#Cc1cc(F)c(N2CCCOCC2)cn1. The molecule has 1 aromatic rings. The fourth-order valence-corrected chi connectivity index (χ4v) is 1.70. The molecule has 0 N–H and O–H groups in total. The molecule has 1 saturated heterocycles. The number of hydrogen-bond donors (Lipinski definition) is 0. The number of rotatable bonds is 1. The molecule has 0 aromatic carbocycles. The lowest BCUT2D eigenvalue weighted by Gasteiger charge is -2.21. The molecule has 0 atom stereocenters. The third-order valence-electron chi connectivity index (χ3n) is 2.51. The van der Waals surface area contributed by atoms with Crippen LogP contribution >= 0.6 is 0 Å². The molecule has 4 nitrogen and oxygen atoms in total. The Morgan fingerprint density at radius 1 is 1.44 bits per heavy atom. The molecular weight excluding hydrogens is 209 g/mol. The number of nitriles is 1. The summed E-state index contributed by atoms with van der Waals surface area (Å²) in [4.78, 5) is 5.78. The van der Waals surface area contributed by atoms with Gasteiger partial charge in [-0.2, -0.15) is 5.26 Å². The Kier molecular flexibility index (Phi) is 3.32. The van der Waals surface area contributed by atoms with Crippen molar-refractivity contribution in [3.63, 3.8) is 0 Å². The molecule has 0 radical (unpaired) electrons. The number of ether oxygens (including phenoxy) is 1. The fraction of sp³-hybridized carbons (Fsp3) is 0.455. The highest BCUT2D eigenvalue weighted by Gasteiger charge is 2.14. The highest BCUT2D eigenvalue weighted by molar-refractivity contribution is 5.47. The fourth-order valence-electron chi connectivity index (χ4n) is 1.70. The minimum Gasteiger partial charge on any atom is -0.380 e. The predicted octanol–water partition coefficient (Wildman–Crippen LogP) is 1.32. The summed E-state index contributed by atoms with van der Waals surface area (Å²) in [5.41, 5.74) is 0.553. The zero-order valence-electron chi connectivity index (χ0n) is 8.82. The van der Waals surface area contributed by atoms with E-state index in [1.807, 2.05) is 11.0 Å². The van der Waals surface area contributed by atoms with Gasteiger partial charge in [-0.3, -0.25) is 0 Å². The van der Waals surface area contributed by atoms with Crippen molar-refractivity contribution < 1.29 is 9.13 Å². The van der Waals surface area contributed by atoms with E-state index in [-0.39, 0.29) is 5.69 Å². The van der Waals surface area contributed by atoms with Gasteiger partial charge >= 0.3 is 0 Å². The largest absolute Gasteiger partial charge is 0.380 e. The second-order valence-corrected chi connectivity index (χ2v) is 3.59. The second kappa shape index (κ2) is 4.90. The standard InChI is InChI=1S/C11H12FN3O/c12-10-6-9(7-13)14-8-11(10)15-2-1-4-16-5-3-15/h6,8H,1-5H2. The molecule has 1 aliphatic heterocycles. The number of halogens is 1. The molecule has 84 valence electrons. The molecule has 1 fully saturated rings. The van der Waals surface area contributed by atoms with Crippen LogP contribution in [0.3, 0.4) is 0 Å². The van der Waals surface area contributed by atoms with Gasteiger partial charge < -0.3 is 9.64 Å². The first-order valence-electron chi connectivity index (χ1n) is 5.19. The van der Waals surface area contributed by atoms with Crippen LogP contribution in [-0.2, 0) is 4.74 Å². The molecule has 5 heteroatoms. The second-order valence-electron chi connectivity index (χ2n) is 3.59. The Labute approximate surface area is 93.3 Å². The van der Waals surface area contributed by atoms with Crippen molar-refractivity contribution in [2.45, 2.75) is 6.42 Å². The number of nitrogens with zero attached hydrogens (tertiary/aromatic N) is 3. The van der Waals surface area contributed by atoms with Gasteiger partial charge in [0, 0.05) is 25.8 Å². The van der Waals surface area contributed by atoms with Crippen LogP contribution in [-0.4, -0.2) is 31.3 Å². The summed E-state index contributed by atoms with van der Waals surface area (Å²) >= 11 is 0. The van der Waals surface area contributed by atoms with Crippen LogP contribution in [0, 0.1) is 17.1 Å². The lowest BCUT2D eigenvalue weighted by Crippen LogP contribution is -2.27. The van der Waals surface area contributed by atoms with Crippen molar-refractivity contribution >= 4 is 5.69 Å². The molecule has 1 aliphatic rings. The number of anilines is 1. The summed E-state index contributed by atoms with van der Waals surface area (Å²) in [5, 5.41) is 8.60. The van der Waals surface area contributed by atoms with E-state index in [1.165, 1.54) is 12.3 Å². The normalized spacial score (nSPS) is 16.6. The monoisotopic (exact) mass is 221 g/mol. The molecule has 2 rings (SSSR count). The number of hydrogen-bond acceptors (Lipinski definition) is 4. The first-order chi connectivity index (χ1) is 7.81. The van der Waals surface area contributed by atoms with Crippen LogP contribution in [0.15, 0.2) is 12.3 Å². The third-order valence-corrected chi connectivity index (χ3v) is 2.51. The average Bonchev–Trinajstić information content (AvgIpc) is 2.57. The summed E-state index contributed by atoms with van der Waals surface area (Å²) in [5.74, 6) is -0.395. The van der Waals surface area contributed by atoms with E-state index in [2.05, 4.69) is 4.98 Å². The number of aromatic nitrogens is 1. The van der Waals surface area contributed by atoms with E-state index < -0.39 is 5.82 Å². The van der Waals surface area contributed by atoms with Gasteiger partial charge in [0.1, 0.15) is 11.8 Å². The molecule has 0 saturated carbocycles. The quantitative estimate of drug-likeness (QED) is 0.717. The Balaban J connectivity index is 2.22. The van der Waals surface area contributed by atoms with Crippen molar-refractivity contribution in [3.8, 4) is 6.07 Å². The van der Waals surface area contributed by atoms with E-state index >= 15 is 0 Å².